The van der Waals surface area contributed by atoms with Crippen LogP contribution in [0.2, 0.25) is 0 Å². The zero-order valence-electron chi connectivity index (χ0n) is 13.4. The number of hydrogen-bond donors (Lipinski definition) is 0. The van der Waals surface area contributed by atoms with Gasteiger partial charge < -0.3 is 4.90 Å². The first-order valence-corrected chi connectivity index (χ1v) is 7.81. The van der Waals surface area contributed by atoms with Crippen LogP contribution >= 0.6 is 0 Å². The molecule has 0 fully saturated rings. The minimum absolute atomic E-state index is 0.710. The Morgan fingerprint density at radius 1 is 1.00 bits per heavy atom. The molecule has 0 saturated carbocycles. The molecular weight excluding hydrogens is 298 g/mol. The van der Waals surface area contributed by atoms with Crippen LogP contribution in [-0.2, 0) is 6.54 Å². The van der Waals surface area contributed by atoms with Crippen molar-refractivity contribution in [3.63, 3.8) is 0 Å². The maximum Gasteiger partial charge on any atom is 0.173 e. The Bertz CT molecular complexity index is 957. The molecule has 0 aliphatic heterocycles. The lowest BCUT2D eigenvalue weighted by atomic mass is 10.0. The highest BCUT2D eigenvalue weighted by Gasteiger charge is 2.08. The van der Waals surface area contributed by atoms with Gasteiger partial charge in [-0.15, -0.1) is 0 Å². The summed E-state index contributed by atoms with van der Waals surface area (Å²) in [4.78, 5) is 11.1. The fourth-order valence-electron chi connectivity index (χ4n) is 2.81. The van der Waals surface area contributed by atoms with E-state index in [0.717, 1.165) is 12.4 Å². The van der Waals surface area contributed by atoms with E-state index in [-0.39, 0.29) is 0 Å². The molecule has 0 aliphatic carbocycles. The lowest BCUT2D eigenvalue weighted by molar-refractivity contribution is 0.819. The summed E-state index contributed by atoms with van der Waals surface area (Å²) >= 11 is 0. The molecule has 0 saturated heterocycles. The molecule has 5 nitrogen and oxygen atoms in total. The topological polar surface area (TPSA) is 46.8 Å². The summed E-state index contributed by atoms with van der Waals surface area (Å²) in [7, 11) is 2.03. The van der Waals surface area contributed by atoms with Crippen molar-refractivity contribution < 1.29 is 0 Å². The smallest absolute Gasteiger partial charge is 0.173 e. The van der Waals surface area contributed by atoms with Gasteiger partial charge in [-0.1, -0.05) is 42.5 Å². The van der Waals surface area contributed by atoms with E-state index in [9.17, 15) is 0 Å². The summed E-state index contributed by atoms with van der Waals surface area (Å²) in [6.45, 7) is 0.762. The van der Waals surface area contributed by atoms with Crippen LogP contribution in [0.15, 0.2) is 73.3 Å². The molecule has 4 aromatic rings. The molecule has 0 N–H and O–H groups in total. The third-order valence-corrected chi connectivity index (χ3v) is 4.03. The Balaban J connectivity index is 1.64. The minimum atomic E-state index is 0.710. The van der Waals surface area contributed by atoms with Crippen molar-refractivity contribution in [3.05, 3.63) is 78.9 Å². The maximum atomic E-state index is 4.66. The fourth-order valence-corrected chi connectivity index (χ4v) is 2.81. The van der Waals surface area contributed by atoms with Crippen molar-refractivity contribution in [2.45, 2.75) is 6.54 Å². The van der Waals surface area contributed by atoms with Crippen LogP contribution in [0.25, 0.3) is 16.6 Å². The summed E-state index contributed by atoms with van der Waals surface area (Å²) in [5.74, 6) is 1.53. The highest BCUT2D eigenvalue weighted by molar-refractivity contribution is 5.85. The van der Waals surface area contributed by atoms with Gasteiger partial charge in [0.2, 0.25) is 0 Å². The molecule has 2 aromatic carbocycles. The van der Waals surface area contributed by atoms with E-state index >= 15 is 0 Å². The predicted octanol–water partition coefficient (Wildman–Crippen LogP) is 3.45. The Morgan fingerprint density at radius 3 is 2.75 bits per heavy atom. The van der Waals surface area contributed by atoms with E-state index in [1.54, 1.807) is 23.3 Å². The van der Waals surface area contributed by atoms with Gasteiger partial charge in [0.15, 0.2) is 5.82 Å². The highest BCUT2D eigenvalue weighted by atomic mass is 15.3. The van der Waals surface area contributed by atoms with Crippen molar-refractivity contribution in [2.24, 2.45) is 0 Å². The van der Waals surface area contributed by atoms with Crippen LogP contribution in [0, 0.1) is 0 Å². The Hall–Kier alpha value is -3.21. The standard InChI is InChI=1S/C19H17N5/c1-23(14-16-8-4-7-15-6-2-3-9-17(15)16)18-12-20-13-19(22-18)24-11-5-10-21-24/h2-13H,14H2,1H3. The Labute approximate surface area is 140 Å². The first-order chi connectivity index (χ1) is 11.8. The zero-order chi connectivity index (χ0) is 16.4. The van der Waals surface area contributed by atoms with Crippen molar-refractivity contribution in [3.8, 4) is 5.82 Å². The van der Waals surface area contributed by atoms with E-state index in [4.69, 9.17) is 0 Å². The zero-order valence-corrected chi connectivity index (χ0v) is 13.4. The first kappa shape index (κ1) is 14.4. The van der Waals surface area contributed by atoms with Crippen molar-refractivity contribution in [2.75, 3.05) is 11.9 Å². The number of anilines is 1. The molecule has 0 atom stereocenters. The average molecular weight is 315 g/mol. The van der Waals surface area contributed by atoms with E-state index in [0.29, 0.717) is 5.82 Å². The monoisotopic (exact) mass is 315 g/mol. The van der Waals surface area contributed by atoms with Crippen LogP contribution < -0.4 is 4.90 Å². The van der Waals surface area contributed by atoms with Crippen LogP contribution in [0.4, 0.5) is 5.82 Å². The Kier molecular flexibility index (Phi) is 3.67. The normalized spacial score (nSPS) is 10.9. The third kappa shape index (κ3) is 2.72. The molecule has 2 aromatic heterocycles. The molecule has 0 aliphatic rings. The van der Waals surface area contributed by atoms with Crippen LogP contribution in [0.5, 0.6) is 0 Å². The number of hydrogen-bond acceptors (Lipinski definition) is 4. The van der Waals surface area contributed by atoms with E-state index in [1.807, 2.05) is 19.3 Å². The second-order valence-electron chi connectivity index (χ2n) is 5.68. The van der Waals surface area contributed by atoms with Crippen LogP contribution in [0.1, 0.15) is 5.56 Å². The van der Waals surface area contributed by atoms with Gasteiger partial charge in [-0.25, -0.2) is 9.67 Å². The molecule has 0 radical (unpaired) electrons. The number of fused-ring (bicyclic) bond motifs is 1. The van der Waals surface area contributed by atoms with Crippen molar-refractivity contribution in [1.29, 1.82) is 0 Å². The molecule has 2 heterocycles. The molecule has 118 valence electrons. The van der Waals surface area contributed by atoms with Gasteiger partial charge in [0, 0.05) is 26.0 Å². The lowest BCUT2D eigenvalue weighted by Gasteiger charge is -2.19. The largest absolute Gasteiger partial charge is 0.354 e. The molecule has 4 rings (SSSR count). The van der Waals surface area contributed by atoms with Gasteiger partial charge in [0.25, 0.3) is 0 Å². The van der Waals surface area contributed by atoms with E-state index in [1.165, 1.54) is 16.3 Å². The molecule has 0 amide bonds. The highest BCUT2D eigenvalue weighted by Crippen LogP contribution is 2.21. The number of benzene rings is 2. The first-order valence-electron chi connectivity index (χ1n) is 7.81. The molecule has 5 heteroatoms. The second-order valence-corrected chi connectivity index (χ2v) is 5.68. The summed E-state index contributed by atoms with van der Waals surface area (Å²) in [6, 6.07) is 16.7. The van der Waals surface area contributed by atoms with Crippen molar-refractivity contribution in [1.82, 2.24) is 19.7 Å². The maximum absolute atomic E-state index is 4.66. The molecule has 0 unspecified atom stereocenters. The van der Waals surface area contributed by atoms with E-state index < -0.39 is 0 Å². The summed E-state index contributed by atoms with van der Waals surface area (Å²) in [5.41, 5.74) is 1.27. The average Bonchev–Trinajstić information content (AvgIpc) is 3.17. The van der Waals surface area contributed by atoms with Gasteiger partial charge in [0.1, 0.15) is 5.82 Å². The van der Waals surface area contributed by atoms with Crippen LogP contribution in [-0.4, -0.2) is 26.8 Å². The van der Waals surface area contributed by atoms with Gasteiger partial charge >= 0.3 is 0 Å². The van der Waals surface area contributed by atoms with Gasteiger partial charge in [0.05, 0.1) is 12.4 Å². The summed E-state index contributed by atoms with van der Waals surface area (Å²) in [6.07, 6.45) is 7.08. The Morgan fingerprint density at radius 2 is 1.88 bits per heavy atom. The molecule has 24 heavy (non-hydrogen) atoms. The quantitative estimate of drug-likeness (QED) is 0.579. The second kappa shape index (κ2) is 6.12. The lowest BCUT2D eigenvalue weighted by Crippen LogP contribution is -2.19. The number of rotatable bonds is 4. The van der Waals surface area contributed by atoms with Gasteiger partial charge in [-0.2, -0.15) is 5.10 Å². The molecule has 0 spiro atoms. The number of aromatic nitrogens is 4. The third-order valence-electron chi connectivity index (χ3n) is 4.03. The van der Waals surface area contributed by atoms with Gasteiger partial charge in [-0.3, -0.25) is 4.98 Å². The van der Waals surface area contributed by atoms with E-state index in [2.05, 4.69) is 62.4 Å². The summed E-state index contributed by atoms with van der Waals surface area (Å²) in [5, 5.41) is 6.72. The minimum Gasteiger partial charge on any atom is -0.354 e. The fraction of sp³-hybridized carbons (Fsp3) is 0.105. The predicted molar refractivity (Wildman–Crippen MR) is 95.2 cm³/mol. The van der Waals surface area contributed by atoms with Gasteiger partial charge in [-0.05, 0) is 22.4 Å². The van der Waals surface area contributed by atoms with Crippen molar-refractivity contribution >= 4 is 16.6 Å². The van der Waals surface area contributed by atoms with Crippen LogP contribution in [0.3, 0.4) is 0 Å². The molecule has 0 bridgehead atoms. The number of nitrogens with zero attached hydrogens (tertiary/aromatic N) is 5. The molecular formula is C19H17N5. The SMILES string of the molecule is CN(Cc1cccc2ccccc12)c1cncc(-n2cccn2)n1. The summed E-state index contributed by atoms with van der Waals surface area (Å²) < 4.78 is 1.71.